The monoisotopic (exact) mass is 300 g/mol. The van der Waals surface area contributed by atoms with Crippen molar-refractivity contribution in [3.8, 4) is 22.8 Å². The third kappa shape index (κ3) is 2.99. The van der Waals surface area contributed by atoms with E-state index in [9.17, 15) is 18.0 Å². The normalized spacial score (nSPS) is 11.3. The second-order valence-corrected chi connectivity index (χ2v) is 4.01. The summed E-state index contributed by atoms with van der Waals surface area (Å²) in [5.74, 6) is -0.876. The zero-order chi connectivity index (χ0) is 15.6. The quantitative estimate of drug-likeness (QED) is 0.945. The van der Waals surface area contributed by atoms with Crippen LogP contribution in [0.1, 0.15) is 5.82 Å². The van der Waals surface area contributed by atoms with Crippen molar-refractivity contribution in [1.29, 1.82) is 0 Å². The lowest BCUT2D eigenvalue weighted by Crippen LogP contribution is -2.19. The molecule has 0 bridgehead atoms. The molecule has 2 aromatic rings. The number of aromatic amines is 1. The summed E-state index contributed by atoms with van der Waals surface area (Å²) in [7, 11) is 2.71. The van der Waals surface area contributed by atoms with Crippen molar-refractivity contribution in [2.24, 2.45) is 0 Å². The predicted molar refractivity (Wildman–Crippen MR) is 68.4 cm³/mol. The molecule has 1 aromatic carbocycles. The number of methoxy groups -OCH3 is 2. The topological polar surface area (TPSA) is 64.2 Å². The molecule has 1 aromatic heterocycles. The van der Waals surface area contributed by atoms with Gasteiger partial charge >= 0.3 is 6.18 Å². The van der Waals surface area contributed by atoms with Gasteiger partial charge in [-0.1, -0.05) is 6.07 Å². The van der Waals surface area contributed by atoms with Crippen LogP contribution >= 0.6 is 0 Å². The molecule has 2 rings (SSSR count). The molecule has 0 aliphatic carbocycles. The van der Waals surface area contributed by atoms with Gasteiger partial charge in [0.25, 0.3) is 5.56 Å². The van der Waals surface area contributed by atoms with Gasteiger partial charge in [0, 0.05) is 6.07 Å². The third-order valence-corrected chi connectivity index (χ3v) is 2.69. The number of hydrogen-bond acceptors (Lipinski definition) is 4. The van der Waals surface area contributed by atoms with Gasteiger partial charge in [0.05, 0.1) is 25.5 Å². The Morgan fingerprint density at radius 2 is 1.71 bits per heavy atom. The van der Waals surface area contributed by atoms with Crippen molar-refractivity contribution in [1.82, 2.24) is 9.97 Å². The molecular weight excluding hydrogens is 289 g/mol. The van der Waals surface area contributed by atoms with Crippen molar-refractivity contribution in [3.05, 3.63) is 40.4 Å². The summed E-state index contributed by atoms with van der Waals surface area (Å²) >= 11 is 0. The Labute approximate surface area is 117 Å². The van der Waals surface area contributed by atoms with Crippen LogP contribution < -0.4 is 15.0 Å². The summed E-state index contributed by atoms with van der Waals surface area (Å²) < 4.78 is 48.4. The molecule has 0 amide bonds. The lowest BCUT2D eigenvalue weighted by Gasteiger charge is -2.13. The number of nitrogens with one attached hydrogen (secondary N) is 1. The van der Waals surface area contributed by atoms with Crippen LogP contribution in [0.4, 0.5) is 13.2 Å². The zero-order valence-electron chi connectivity index (χ0n) is 11.1. The highest BCUT2D eigenvalue weighted by Gasteiger charge is 2.34. The van der Waals surface area contributed by atoms with E-state index in [0.29, 0.717) is 0 Å². The number of alkyl halides is 3. The number of H-pyrrole nitrogens is 1. The maximum atomic E-state index is 12.7. The van der Waals surface area contributed by atoms with Crippen molar-refractivity contribution in [3.63, 3.8) is 0 Å². The predicted octanol–water partition coefficient (Wildman–Crippen LogP) is 2.47. The molecule has 1 heterocycles. The molecular formula is C13H11F3N2O3. The molecule has 112 valence electrons. The second-order valence-electron chi connectivity index (χ2n) is 4.01. The average Bonchev–Trinajstić information content (AvgIpc) is 2.44. The van der Waals surface area contributed by atoms with E-state index in [0.717, 1.165) is 6.07 Å². The van der Waals surface area contributed by atoms with Gasteiger partial charge in [-0.15, -0.1) is 0 Å². The maximum absolute atomic E-state index is 12.7. The number of nitrogens with zero attached hydrogens (tertiary/aromatic N) is 1. The maximum Gasteiger partial charge on any atom is 0.449 e. The van der Waals surface area contributed by atoms with Crippen LogP contribution in [0.15, 0.2) is 29.1 Å². The molecule has 0 unspecified atom stereocenters. The Morgan fingerprint density at radius 1 is 1.14 bits per heavy atom. The van der Waals surface area contributed by atoms with Gasteiger partial charge in [-0.05, 0) is 12.1 Å². The fourth-order valence-corrected chi connectivity index (χ4v) is 1.82. The fraction of sp³-hybridized carbons (Fsp3) is 0.231. The Kier molecular flexibility index (Phi) is 3.88. The lowest BCUT2D eigenvalue weighted by molar-refractivity contribution is -0.145. The van der Waals surface area contributed by atoms with E-state index in [-0.39, 0.29) is 22.8 Å². The van der Waals surface area contributed by atoms with Gasteiger partial charge in [-0.2, -0.15) is 13.2 Å². The van der Waals surface area contributed by atoms with E-state index in [2.05, 4.69) is 4.98 Å². The molecule has 0 fully saturated rings. The number of hydrogen-bond donors (Lipinski definition) is 1. The SMILES string of the molecule is COc1cccc(OC)c1-c1cc(=O)[nH]c(C(F)(F)F)n1. The molecule has 0 saturated heterocycles. The van der Waals surface area contributed by atoms with Gasteiger partial charge in [-0.25, -0.2) is 4.98 Å². The summed E-state index contributed by atoms with van der Waals surface area (Å²) in [4.78, 5) is 16.6. The van der Waals surface area contributed by atoms with E-state index in [1.54, 1.807) is 11.1 Å². The average molecular weight is 300 g/mol. The van der Waals surface area contributed by atoms with Crippen LogP contribution in [-0.2, 0) is 6.18 Å². The van der Waals surface area contributed by atoms with Crippen molar-refractivity contribution in [2.45, 2.75) is 6.18 Å². The second kappa shape index (κ2) is 5.47. The van der Waals surface area contributed by atoms with Gasteiger partial charge in [-0.3, -0.25) is 4.79 Å². The Balaban J connectivity index is 2.73. The fourth-order valence-electron chi connectivity index (χ4n) is 1.82. The highest BCUT2D eigenvalue weighted by Crippen LogP contribution is 2.37. The van der Waals surface area contributed by atoms with E-state index < -0.39 is 17.6 Å². The van der Waals surface area contributed by atoms with Crippen LogP contribution in [0.2, 0.25) is 0 Å². The van der Waals surface area contributed by atoms with Crippen LogP contribution in [0.25, 0.3) is 11.3 Å². The Hall–Kier alpha value is -2.51. The summed E-state index contributed by atoms with van der Waals surface area (Å²) in [6.45, 7) is 0. The smallest absolute Gasteiger partial charge is 0.449 e. The number of aromatic nitrogens is 2. The minimum atomic E-state index is -4.76. The first-order valence-corrected chi connectivity index (χ1v) is 5.76. The molecule has 1 N–H and O–H groups in total. The van der Waals surface area contributed by atoms with Crippen molar-refractivity contribution >= 4 is 0 Å². The van der Waals surface area contributed by atoms with Gasteiger partial charge in [0.1, 0.15) is 11.5 Å². The molecule has 0 spiro atoms. The van der Waals surface area contributed by atoms with E-state index in [1.165, 1.54) is 26.4 Å². The summed E-state index contributed by atoms with van der Waals surface area (Å²) in [5, 5.41) is 0. The number of halogens is 3. The Bertz CT molecular complexity index is 688. The summed E-state index contributed by atoms with van der Waals surface area (Å²) in [6.07, 6.45) is -4.76. The molecule has 21 heavy (non-hydrogen) atoms. The molecule has 0 saturated carbocycles. The number of benzene rings is 1. The standard InChI is InChI=1S/C13H11F3N2O3/c1-20-8-4-3-5-9(21-2)11(8)7-6-10(19)18-12(17-7)13(14,15)16/h3-6H,1-2H3,(H,17,18,19). The first-order chi connectivity index (χ1) is 9.86. The van der Waals surface area contributed by atoms with Gasteiger partial charge < -0.3 is 14.5 Å². The summed E-state index contributed by atoms with van der Waals surface area (Å²) in [5.41, 5.74) is -0.917. The van der Waals surface area contributed by atoms with Crippen LogP contribution in [-0.4, -0.2) is 24.2 Å². The highest BCUT2D eigenvalue weighted by atomic mass is 19.4. The third-order valence-electron chi connectivity index (χ3n) is 2.69. The molecule has 8 heteroatoms. The Morgan fingerprint density at radius 3 is 2.19 bits per heavy atom. The van der Waals surface area contributed by atoms with E-state index in [4.69, 9.17) is 9.47 Å². The largest absolute Gasteiger partial charge is 0.496 e. The van der Waals surface area contributed by atoms with Crippen LogP contribution in [0, 0.1) is 0 Å². The number of rotatable bonds is 3. The van der Waals surface area contributed by atoms with Crippen LogP contribution in [0.5, 0.6) is 11.5 Å². The molecule has 5 nitrogen and oxygen atoms in total. The summed E-state index contributed by atoms with van der Waals surface area (Å²) in [6, 6.07) is 5.64. The first-order valence-electron chi connectivity index (χ1n) is 5.76. The zero-order valence-corrected chi connectivity index (χ0v) is 11.1. The molecule has 0 aliphatic heterocycles. The number of ether oxygens (including phenoxy) is 2. The minimum absolute atomic E-state index is 0.180. The van der Waals surface area contributed by atoms with Crippen molar-refractivity contribution in [2.75, 3.05) is 14.2 Å². The van der Waals surface area contributed by atoms with Gasteiger partial charge in [0.15, 0.2) is 0 Å². The van der Waals surface area contributed by atoms with Gasteiger partial charge in [0.2, 0.25) is 5.82 Å². The van der Waals surface area contributed by atoms with Crippen LogP contribution in [0.3, 0.4) is 0 Å². The molecule has 0 aliphatic rings. The first kappa shape index (κ1) is 14.9. The minimum Gasteiger partial charge on any atom is -0.496 e. The lowest BCUT2D eigenvalue weighted by atomic mass is 10.1. The van der Waals surface area contributed by atoms with E-state index in [1.807, 2.05) is 0 Å². The van der Waals surface area contributed by atoms with E-state index >= 15 is 0 Å². The molecule has 0 radical (unpaired) electrons. The van der Waals surface area contributed by atoms with Crippen molar-refractivity contribution < 1.29 is 22.6 Å². The highest BCUT2D eigenvalue weighted by molar-refractivity contribution is 5.74. The molecule has 0 atom stereocenters.